The standard InChI is InChI=1S/C16H30N4O7/c1-7(2)5-11(16(26)27)19-15(25)12(9(4)22)20-13(23)8(3)18-14(24)10(17)6-21/h7-12,21-22H,5-6,17H2,1-4H3,(H,18,24)(H,19,25)(H,20,23)(H,26,27). The summed E-state index contributed by atoms with van der Waals surface area (Å²) in [5.41, 5.74) is 5.33. The van der Waals surface area contributed by atoms with E-state index in [1.54, 1.807) is 13.8 Å². The molecule has 0 saturated heterocycles. The molecule has 0 heterocycles. The Morgan fingerprint density at radius 2 is 1.48 bits per heavy atom. The van der Waals surface area contributed by atoms with Crippen LogP contribution in [0.4, 0.5) is 0 Å². The molecule has 0 fully saturated rings. The average molecular weight is 390 g/mol. The number of aliphatic hydroxyl groups is 2. The molecule has 0 aromatic carbocycles. The van der Waals surface area contributed by atoms with Gasteiger partial charge in [-0.15, -0.1) is 0 Å². The van der Waals surface area contributed by atoms with E-state index in [0.717, 1.165) is 0 Å². The summed E-state index contributed by atoms with van der Waals surface area (Å²) in [6.07, 6.45) is -1.14. The van der Waals surface area contributed by atoms with Gasteiger partial charge in [-0.2, -0.15) is 0 Å². The summed E-state index contributed by atoms with van der Waals surface area (Å²) in [5, 5.41) is 34.6. The van der Waals surface area contributed by atoms with Gasteiger partial charge < -0.3 is 37.0 Å². The monoisotopic (exact) mass is 390 g/mol. The molecule has 27 heavy (non-hydrogen) atoms. The first-order chi connectivity index (χ1) is 12.4. The maximum atomic E-state index is 12.3. The van der Waals surface area contributed by atoms with Crippen LogP contribution in [-0.4, -0.2) is 75.9 Å². The van der Waals surface area contributed by atoms with E-state index < -0.39 is 60.6 Å². The number of hydrogen-bond donors (Lipinski definition) is 7. The molecular formula is C16H30N4O7. The Kier molecular flexibility index (Phi) is 10.5. The van der Waals surface area contributed by atoms with E-state index in [4.69, 9.17) is 10.8 Å². The highest BCUT2D eigenvalue weighted by Crippen LogP contribution is 2.06. The molecule has 8 N–H and O–H groups in total. The van der Waals surface area contributed by atoms with Crippen LogP contribution in [0.2, 0.25) is 0 Å². The molecule has 0 aromatic heterocycles. The van der Waals surface area contributed by atoms with Gasteiger partial charge in [-0.3, -0.25) is 14.4 Å². The minimum atomic E-state index is -1.42. The third-order valence-electron chi connectivity index (χ3n) is 3.67. The predicted octanol–water partition coefficient (Wildman–Crippen LogP) is -2.71. The van der Waals surface area contributed by atoms with Crippen LogP contribution in [0.3, 0.4) is 0 Å². The number of carboxylic acids is 1. The number of nitrogens with two attached hydrogens (primary N) is 1. The van der Waals surface area contributed by atoms with E-state index in [9.17, 15) is 29.4 Å². The minimum Gasteiger partial charge on any atom is -0.480 e. The highest BCUT2D eigenvalue weighted by Gasteiger charge is 2.31. The maximum absolute atomic E-state index is 12.3. The second-order valence-electron chi connectivity index (χ2n) is 6.78. The molecule has 0 aliphatic carbocycles. The highest BCUT2D eigenvalue weighted by molar-refractivity contribution is 5.94. The first kappa shape index (κ1) is 24.8. The molecule has 156 valence electrons. The summed E-state index contributed by atoms with van der Waals surface area (Å²) >= 11 is 0. The minimum absolute atomic E-state index is 0.00282. The Bertz CT molecular complexity index is 539. The van der Waals surface area contributed by atoms with Gasteiger partial charge in [0.15, 0.2) is 0 Å². The molecule has 0 aromatic rings. The lowest BCUT2D eigenvalue weighted by atomic mass is 10.0. The van der Waals surface area contributed by atoms with Crippen molar-refractivity contribution in [1.29, 1.82) is 0 Å². The van der Waals surface area contributed by atoms with Crippen molar-refractivity contribution in [2.45, 2.75) is 64.4 Å². The topological polar surface area (TPSA) is 191 Å². The second-order valence-corrected chi connectivity index (χ2v) is 6.78. The number of aliphatic carboxylic acids is 1. The first-order valence-electron chi connectivity index (χ1n) is 8.59. The van der Waals surface area contributed by atoms with Crippen LogP contribution in [0, 0.1) is 5.92 Å². The fourth-order valence-electron chi connectivity index (χ4n) is 2.11. The van der Waals surface area contributed by atoms with Crippen molar-refractivity contribution in [3.05, 3.63) is 0 Å². The molecule has 0 rings (SSSR count). The number of nitrogens with one attached hydrogen (secondary N) is 3. The van der Waals surface area contributed by atoms with Gasteiger partial charge in [0.05, 0.1) is 12.7 Å². The van der Waals surface area contributed by atoms with E-state index in [-0.39, 0.29) is 12.3 Å². The van der Waals surface area contributed by atoms with Gasteiger partial charge in [0.2, 0.25) is 17.7 Å². The zero-order valence-electron chi connectivity index (χ0n) is 15.9. The van der Waals surface area contributed by atoms with Crippen molar-refractivity contribution in [1.82, 2.24) is 16.0 Å². The Hall–Kier alpha value is -2.24. The summed E-state index contributed by atoms with van der Waals surface area (Å²) in [6.45, 7) is 5.56. The molecule has 0 radical (unpaired) electrons. The van der Waals surface area contributed by atoms with E-state index in [2.05, 4.69) is 16.0 Å². The summed E-state index contributed by atoms with van der Waals surface area (Å²) in [6, 6.07) is -4.90. The normalized spacial score (nSPS) is 16.6. The number of hydrogen-bond acceptors (Lipinski definition) is 7. The Morgan fingerprint density at radius 3 is 1.89 bits per heavy atom. The van der Waals surface area contributed by atoms with Gasteiger partial charge in [-0.25, -0.2) is 4.79 Å². The summed E-state index contributed by atoms with van der Waals surface area (Å²) in [4.78, 5) is 47.4. The van der Waals surface area contributed by atoms with Crippen molar-refractivity contribution < 1.29 is 34.5 Å². The van der Waals surface area contributed by atoms with Crippen LogP contribution in [0.5, 0.6) is 0 Å². The maximum Gasteiger partial charge on any atom is 0.326 e. The zero-order valence-corrected chi connectivity index (χ0v) is 15.9. The van der Waals surface area contributed by atoms with Crippen LogP contribution in [0.15, 0.2) is 0 Å². The van der Waals surface area contributed by atoms with E-state index in [1.165, 1.54) is 13.8 Å². The van der Waals surface area contributed by atoms with Crippen LogP contribution in [0.25, 0.3) is 0 Å². The van der Waals surface area contributed by atoms with Gasteiger partial charge in [-0.1, -0.05) is 13.8 Å². The zero-order chi connectivity index (χ0) is 21.3. The molecule has 11 heteroatoms. The third kappa shape index (κ3) is 8.80. The molecule has 0 aliphatic rings. The SMILES string of the molecule is CC(C)CC(NC(=O)C(NC(=O)C(C)NC(=O)C(N)CO)C(C)O)C(=O)O. The fourth-order valence-corrected chi connectivity index (χ4v) is 2.11. The fraction of sp³-hybridized carbons (Fsp3) is 0.750. The number of amides is 3. The summed E-state index contributed by atoms with van der Waals surface area (Å²) in [7, 11) is 0. The smallest absolute Gasteiger partial charge is 0.326 e. The van der Waals surface area contributed by atoms with Crippen molar-refractivity contribution in [2.24, 2.45) is 11.7 Å². The highest BCUT2D eigenvalue weighted by atomic mass is 16.4. The number of aliphatic hydroxyl groups excluding tert-OH is 2. The number of carboxylic acid groups (broad SMARTS) is 1. The van der Waals surface area contributed by atoms with Crippen molar-refractivity contribution in [3.8, 4) is 0 Å². The number of carbonyl (C=O) groups is 4. The van der Waals surface area contributed by atoms with Crippen molar-refractivity contribution >= 4 is 23.7 Å². The van der Waals surface area contributed by atoms with Gasteiger partial charge in [0, 0.05) is 0 Å². The average Bonchev–Trinajstić information content (AvgIpc) is 2.56. The molecular weight excluding hydrogens is 360 g/mol. The third-order valence-corrected chi connectivity index (χ3v) is 3.67. The van der Waals surface area contributed by atoms with Gasteiger partial charge >= 0.3 is 5.97 Å². The second kappa shape index (κ2) is 11.5. The predicted molar refractivity (Wildman–Crippen MR) is 95.3 cm³/mol. The quantitative estimate of drug-likeness (QED) is 0.198. The number of carbonyl (C=O) groups excluding carboxylic acids is 3. The van der Waals surface area contributed by atoms with Crippen LogP contribution in [-0.2, 0) is 19.2 Å². The van der Waals surface area contributed by atoms with Crippen LogP contribution >= 0.6 is 0 Å². The number of rotatable bonds is 11. The molecule has 5 atom stereocenters. The Morgan fingerprint density at radius 1 is 0.926 bits per heavy atom. The van der Waals surface area contributed by atoms with E-state index >= 15 is 0 Å². The van der Waals surface area contributed by atoms with Gasteiger partial charge in [0.1, 0.15) is 24.2 Å². The molecule has 3 amide bonds. The molecule has 11 nitrogen and oxygen atoms in total. The van der Waals surface area contributed by atoms with Crippen LogP contribution in [0.1, 0.15) is 34.1 Å². The first-order valence-corrected chi connectivity index (χ1v) is 8.59. The molecule has 0 spiro atoms. The lowest BCUT2D eigenvalue weighted by Gasteiger charge is -2.25. The molecule has 0 saturated carbocycles. The lowest BCUT2D eigenvalue weighted by molar-refractivity contribution is -0.143. The molecule has 5 unspecified atom stereocenters. The largest absolute Gasteiger partial charge is 0.480 e. The van der Waals surface area contributed by atoms with E-state index in [1.807, 2.05) is 0 Å². The Labute approximate surface area is 157 Å². The summed E-state index contributed by atoms with van der Waals surface area (Å²) in [5.74, 6) is -3.65. The lowest BCUT2D eigenvalue weighted by Crippen LogP contribution is -2.59. The van der Waals surface area contributed by atoms with Gasteiger partial charge in [-0.05, 0) is 26.2 Å². The Balaban J connectivity index is 5.01. The van der Waals surface area contributed by atoms with E-state index in [0.29, 0.717) is 0 Å². The van der Waals surface area contributed by atoms with Crippen molar-refractivity contribution in [3.63, 3.8) is 0 Å². The summed E-state index contributed by atoms with van der Waals surface area (Å²) < 4.78 is 0. The van der Waals surface area contributed by atoms with Gasteiger partial charge in [0.25, 0.3) is 0 Å². The molecule has 0 aliphatic heterocycles. The molecule has 0 bridgehead atoms. The van der Waals surface area contributed by atoms with Crippen molar-refractivity contribution in [2.75, 3.05) is 6.61 Å². The van der Waals surface area contributed by atoms with Crippen LogP contribution < -0.4 is 21.7 Å².